The lowest BCUT2D eigenvalue weighted by molar-refractivity contribution is -0.117. The van der Waals surface area contributed by atoms with Crippen LogP contribution in [0.2, 0.25) is 0 Å². The summed E-state index contributed by atoms with van der Waals surface area (Å²) in [7, 11) is 1.71. The predicted molar refractivity (Wildman–Crippen MR) is 81.1 cm³/mol. The van der Waals surface area contributed by atoms with Crippen molar-refractivity contribution in [2.45, 2.75) is 6.42 Å². The van der Waals surface area contributed by atoms with Gasteiger partial charge in [0.05, 0.1) is 10.9 Å². The Morgan fingerprint density at radius 2 is 1.86 bits per heavy atom. The highest BCUT2D eigenvalue weighted by atomic mass is 79.9. The number of amides is 1. The molecule has 0 aliphatic carbocycles. The number of nitrogens with zero attached hydrogens (tertiary/aromatic N) is 1. The molecular formula is C16H11BrFNO2. The molecular weight excluding hydrogens is 337 g/mol. The summed E-state index contributed by atoms with van der Waals surface area (Å²) in [4.78, 5) is 25.6. The Morgan fingerprint density at radius 3 is 2.57 bits per heavy atom. The van der Waals surface area contributed by atoms with Crippen molar-refractivity contribution in [3.05, 3.63) is 63.4 Å². The van der Waals surface area contributed by atoms with Gasteiger partial charge in [0.2, 0.25) is 5.91 Å². The van der Waals surface area contributed by atoms with Crippen molar-refractivity contribution in [2.75, 3.05) is 11.9 Å². The van der Waals surface area contributed by atoms with Gasteiger partial charge in [-0.1, -0.05) is 0 Å². The first kappa shape index (κ1) is 13.9. The van der Waals surface area contributed by atoms with Crippen LogP contribution >= 0.6 is 15.9 Å². The summed E-state index contributed by atoms with van der Waals surface area (Å²) in [5, 5.41) is 0. The Hall–Kier alpha value is -2.01. The Kier molecular flexibility index (Phi) is 3.37. The third-order valence-electron chi connectivity index (χ3n) is 3.60. The zero-order valence-corrected chi connectivity index (χ0v) is 12.8. The molecule has 2 aromatic rings. The van der Waals surface area contributed by atoms with Crippen molar-refractivity contribution in [2.24, 2.45) is 0 Å². The fourth-order valence-corrected chi connectivity index (χ4v) is 2.66. The Morgan fingerprint density at radius 1 is 1.19 bits per heavy atom. The first-order valence-electron chi connectivity index (χ1n) is 6.36. The van der Waals surface area contributed by atoms with Crippen molar-refractivity contribution in [1.29, 1.82) is 0 Å². The van der Waals surface area contributed by atoms with Crippen LogP contribution in [-0.4, -0.2) is 18.7 Å². The highest BCUT2D eigenvalue weighted by molar-refractivity contribution is 9.10. The Labute approximate surface area is 129 Å². The van der Waals surface area contributed by atoms with Crippen molar-refractivity contribution in [3.63, 3.8) is 0 Å². The summed E-state index contributed by atoms with van der Waals surface area (Å²) >= 11 is 3.06. The number of anilines is 1. The van der Waals surface area contributed by atoms with Crippen LogP contribution in [0.15, 0.2) is 40.9 Å². The van der Waals surface area contributed by atoms with Gasteiger partial charge in [-0.25, -0.2) is 4.39 Å². The number of halogens is 2. The minimum absolute atomic E-state index is 0.00397. The molecule has 3 rings (SSSR count). The standard InChI is InChI=1S/C16H11BrFNO2/c1-19-14-5-3-9(6-11(14)8-15(19)20)16(21)10-2-4-12(17)13(18)7-10/h2-7H,8H2,1H3. The molecule has 106 valence electrons. The van der Waals surface area contributed by atoms with E-state index in [2.05, 4.69) is 15.9 Å². The van der Waals surface area contributed by atoms with Gasteiger partial charge in [-0.15, -0.1) is 0 Å². The SMILES string of the molecule is CN1C(=O)Cc2cc(C(=O)c3ccc(Br)c(F)c3)ccc21. The molecule has 1 heterocycles. The highest BCUT2D eigenvalue weighted by Crippen LogP contribution is 2.29. The van der Waals surface area contributed by atoms with Gasteiger partial charge >= 0.3 is 0 Å². The summed E-state index contributed by atoms with van der Waals surface area (Å²) in [5.74, 6) is -0.729. The Balaban J connectivity index is 1.98. The second-order valence-corrected chi connectivity index (χ2v) is 5.79. The summed E-state index contributed by atoms with van der Waals surface area (Å²) < 4.78 is 13.8. The van der Waals surface area contributed by atoms with Crippen molar-refractivity contribution < 1.29 is 14.0 Å². The van der Waals surface area contributed by atoms with E-state index in [-0.39, 0.29) is 17.3 Å². The third-order valence-corrected chi connectivity index (χ3v) is 4.24. The van der Waals surface area contributed by atoms with Crippen LogP contribution in [0, 0.1) is 5.82 Å². The van der Waals surface area contributed by atoms with Gasteiger partial charge in [0.25, 0.3) is 0 Å². The normalized spacial score (nSPS) is 13.5. The lowest BCUT2D eigenvalue weighted by Crippen LogP contribution is -2.20. The molecule has 1 aliphatic heterocycles. The van der Waals surface area contributed by atoms with Gasteiger partial charge in [0.1, 0.15) is 5.82 Å². The summed E-state index contributed by atoms with van der Waals surface area (Å²) in [6.45, 7) is 0. The fourth-order valence-electron chi connectivity index (χ4n) is 2.42. The van der Waals surface area contributed by atoms with Gasteiger partial charge in [0.15, 0.2) is 5.78 Å². The molecule has 0 unspecified atom stereocenters. The topological polar surface area (TPSA) is 37.4 Å². The van der Waals surface area contributed by atoms with Crippen LogP contribution in [0.4, 0.5) is 10.1 Å². The second-order valence-electron chi connectivity index (χ2n) is 4.93. The molecule has 1 amide bonds. The number of benzene rings is 2. The van der Waals surface area contributed by atoms with Crippen molar-refractivity contribution >= 4 is 33.3 Å². The molecule has 0 atom stereocenters. The first-order chi connectivity index (χ1) is 9.97. The van der Waals surface area contributed by atoms with E-state index in [4.69, 9.17) is 0 Å². The van der Waals surface area contributed by atoms with Gasteiger partial charge in [0, 0.05) is 23.9 Å². The largest absolute Gasteiger partial charge is 0.315 e. The number of likely N-dealkylation sites (N-methyl/N-ethyl adjacent to an activating group) is 1. The fraction of sp³-hybridized carbons (Fsp3) is 0.125. The van der Waals surface area contributed by atoms with E-state index in [9.17, 15) is 14.0 Å². The first-order valence-corrected chi connectivity index (χ1v) is 7.16. The molecule has 2 aromatic carbocycles. The molecule has 1 aliphatic rings. The van der Waals surface area contributed by atoms with Gasteiger partial charge in [-0.2, -0.15) is 0 Å². The maximum atomic E-state index is 13.5. The van der Waals surface area contributed by atoms with E-state index in [0.29, 0.717) is 16.5 Å². The van der Waals surface area contributed by atoms with Gasteiger partial charge < -0.3 is 4.90 Å². The van der Waals surface area contributed by atoms with Crippen molar-refractivity contribution in [1.82, 2.24) is 0 Å². The molecule has 21 heavy (non-hydrogen) atoms. The quantitative estimate of drug-likeness (QED) is 0.781. The minimum atomic E-state index is -0.475. The van der Waals surface area contributed by atoms with Gasteiger partial charge in [-0.3, -0.25) is 9.59 Å². The van der Waals surface area contributed by atoms with E-state index >= 15 is 0 Å². The number of ketones is 1. The molecule has 0 N–H and O–H groups in total. The van der Waals surface area contributed by atoms with Crippen LogP contribution in [0.3, 0.4) is 0 Å². The molecule has 0 radical (unpaired) electrons. The van der Waals surface area contributed by atoms with E-state index in [0.717, 1.165) is 11.3 Å². The highest BCUT2D eigenvalue weighted by Gasteiger charge is 2.25. The number of rotatable bonds is 2. The van der Waals surface area contributed by atoms with E-state index < -0.39 is 5.82 Å². The maximum Gasteiger partial charge on any atom is 0.231 e. The molecule has 0 fully saturated rings. The average Bonchev–Trinajstić information content (AvgIpc) is 2.76. The number of hydrogen-bond acceptors (Lipinski definition) is 2. The lowest BCUT2D eigenvalue weighted by atomic mass is 10.00. The smallest absolute Gasteiger partial charge is 0.231 e. The van der Waals surface area contributed by atoms with Crippen LogP contribution < -0.4 is 4.90 Å². The predicted octanol–water partition coefficient (Wildman–Crippen LogP) is 3.34. The zero-order valence-electron chi connectivity index (χ0n) is 11.2. The number of hydrogen-bond donors (Lipinski definition) is 0. The number of fused-ring (bicyclic) bond motifs is 1. The van der Waals surface area contributed by atoms with Crippen LogP contribution in [0.25, 0.3) is 0 Å². The third kappa shape index (κ3) is 2.38. The monoisotopic (exact) mass is 347 g/mol. The molecule has 3 nitrogen and oxygen atoms in total. The van der Waals surface area contributed by atoms with E-state index in [1.807, 2.05) is 0 Å². The van der Waals surface area contributed by atoms with Crippen molar-refractivity contribution in [3.8, 4) is 0 Å². The molecule has 0 saturated heterocycles. The maximum absolute atomic E-state index is 13.5. The summed E-state index contributed by atoms with van der Waals surface area (Å²) in [6, 6.07) is 9.40. The molecule has 5 heteroatoms. The molecule has 0 saturated carbocycles. The number of carbonyl (C=O) groups excluding carboxylic acids is 2. The molecule has 0 spiro atoms. The van der Waals surface area contributed by atoms with Crippen LogP contribution in [-0.2, 0) is 11.2 Å². The van der Waals surface area contributed by atoms with Crippen LogP contribution in [0.1, 0.15) is 21.5 Å². The average molecular weight is 348 g/mol. The number of carbonyl (C=O) groups is 2. The van der Waals surface area contributed by atoms with Crippen LogP contribution in [0.5, 0.6) is 0 Å². The van der Waals surface area contributed by atoms with E-state index in [1.165, 1.54) is 12.1 Å². The lowest BCUT2D eigenvalue weighted by Gasteiger charge is -2.10. The summed E-state index contributed by atoms with van der Waals surface area (Å²) in [5.41, 5.74) is 2.39. The second kappa shape index (κ2) is 5.07. The van der Waals surface area contributed by atoms with Gasteiger partial charge in [-0.05, 0) is 57.9 Å². The molecule has 0 bridgehead atoms. The Bertz CT molecular complexity index is 773. The summed E-state index contributed by atoms with van der Waals surface area (Å²) in [6.07, 6.45) is 0.293. The molecule has 0 aromatic heterocycles. The zero-order chi connectivity index (χ0) is 15.1. The van der Waals surface area contributed by atoms with E-state index in [1.54, 1.807) is 36.2 Å². The minimum Gasteiger partial charge on any atom is -0.315 e.